The molecule has 0 spiro atoms. The van der Waals surface area contributed by atoms with Crippen molar-refractivity contribution in [1.29, 1.82) is 0 Å². The Morgan fingerprint density at radius 3 is 2.37 bits per heavy atom. The van der Waals surface area contributed by atoms with E-state index in [0.29, 0.717) is 18.5 Å². The predicted molar refractivity (Wildman–Crippen MR) is 72.7 cm³/mol. The van der Waals surface area contributed by atoms with Crippen LogP contribution in [0.25, 0.3) is 0 Å². The molecule has 0 unspecified atom stereocenters. The van der Waals surface area contributed by atoms with Gasteiger partial charge in [0, 0.05) is 18.5 Å². The molecule has 0 aliphatic carbocycles. The molecular formula is C12H14Cl2N2O3. The number of hydrogen-bond acceptors (Lipinski definition) is 3. The van der Waals surface area contributed by atoms with Gasteiger partial charge >= 0.3 is 5.97 Å². The number of halogens is 2. The minimum absolute atomic E-state index is 0.156. The Kier molecular flexibility index (Phi) is 6.59. The summed E-state index contributed by atoms with van der Waals surface area (Å²) in [6, 6.07) is 2.88. The van der Waals surface area contributed by atoms with Crippen LogP contribution in [0.2, 0.25) is 10.3 Å². The molecule has 2 N–H and O–H groups in total. The molecule has 0 atom stereocenters. The smallest absolute Gasteiger partial charge is 0.303 e. The van der Waals surface area contributed by atoms with Crippen molar-refractivity contribution in [3.05, 3.63) is 28.0 Å². The van der Waals surface area contributed by atoms with Crippen LogP contribution in [0.3, 0.4) is 0 Å². The molecule has 1 aromatic rings. The van der Waals surface area contributed by atoms with Crippen molar-refractivity contribution < 1.29 is 14.7 Å². The number of carboxylic acid groups (broad SMARTS) is 1. The highest BCUT2D eigenvalue weighted by Gasteiger charge is 2.08. The van der Waals surface area contributed by atoms with Gasteiger partial charge in [-0.15, -0.1) is 0 Å². The third-order valence-electron chi connectivity index (χ3n) is 2.38. The first-order chi connectivity index (χ1) is 8.99. The molecule has 0 aromatic carbocycles. The van der Waals surface area contributed by atoms with Crippen LogP contribution in [0.5, 0.6) is 0 Å². The molecule has 0 radical (unpaired) electrons. The van der Waals surface area contributed by atoms with Gasteiger partial charge in [0.2, 0.25) is 0 Å². The number of aliphatic carboxylic acids is 1. The molecule has 0 saturated carbocycles. The van der Waals surface area contributed by atoms with Crippen LogP contribution in [0.4, 0.5) is 0 Å². The monoisotopic (exact) mass is 304 g/mol. The zero-order valence-electron chi connectivity index (χ0n) is 10.2. The SMILES string of the molecule is O=C(O)CCCCCNC(=O)c1cc(Cl)nc(Cl)c1. The van der Waals surface area contributed by atoms with Crippen LogP contribution in [-0.4, -0.2) is 28.5 Å². The average Bonchev–Trinajstić information content (AvgIpc) is 2.31. The summed E-state index contributed by atoms with van der Waals surface area (Å²) in [5.41, 5.74) is 0.357. The summed E-state index contributed by atoms with van der Waals surface area (Å²) in [5, 5.41) is 11.5. The molecule has 0 aliphatic heterocycles. The Hall–Kier alpha value is -1.33. The maximum absolute atomic E-state index is 11.7. The number of unbranched alkanes of at least 4 members (excludes halogenated alkanes) is 2. The van der Waals surface area contributed by atoms with E-state index in [-0.39, 0.29) is 22.6 Å². The van der Waals surface area contributed by atoms with Gasteiger partial charge < -0.3 is 10.4 Å². The van der Waals surface area contributed by atoms with E-state index in [1.807, 2.05) is 0 Å². The molecule has 5 nitrogen and oxygen atoms in total. The van der Waals surface area contributed by atoms with E-state index in [4.69, 9.17) is 28.3 Å². The average molecular weight is 305 g/mol. The quantitative estimate of drug-likeness (QED) is 0.599. The second-order valence-corrected chi connectivity index (χ2v) is 4.74. The summed E-state index contributed by atoms with van der Waals surface area (Å²) >= 11 is 11.4. The van der Waals surface area contributed by atoms with Crippen LogP contribution >= 0.6 is 23.2 Å². The Morgan fingerprint density at radius 2 is 1.79 bits per heavy atom. The normalized spacial score (nSPS) is 10.2. The number of amides is 1. The Morgan fingerprint density at radius 1 is 1.16 bits per heavy atom. The number of nitrogens with zero attached hydrogens (tertiary/aromatic N) is 1. The number of aromatic nitrogens is 1. The number of hydrogen-bond donors (Lipinski definition) is 2. The predicted octanol–water partition coefficient (Wildman–Crippen LogP) is 2.76. The Labute approximate surface area is 120 Å². The van der Waals surface area contributed by atoms with Crippen LogP contribution in [0.15, 0.2) is 12.1 Å². The molecule has 0 fully saturated rings. The van der Waals surface area contributed by atoms with E-state index in [1.165, 1.54) is 12.1 Å². The molecule has 19 heavy (non-hydrogen) atoms. The van der Waals surface area contributed by atoms with Gasteiger partial charge in [-0.3, -0.25) is 9.59 Å². The third kappa shape index (κ3) is 6.40. The number of carbonyl (C=O) groups excluding carboxylic acids is 1. The molecule has 0 bridgehead atoms. The van der Waals surface area contributed by atoms with E-state index < -0.39 is 5.97 Å². The first-order valence-electron chi connectivity index (χ1n) is 5.82. The lowest BCUT2D eigenvalue weighted by atomic mass is 10.2. The lowest BCUT2D eigenvalue weighted by Crippen LogP contribution is -2.24. The van der Waals surface area contributed by atoms with Gasteiger partial charge in [-0.2, -0.15) is 0 Å². The summed E-state index contributed by atoms with van der Waals surface area (Å²) in [6.07, 6.45) is 2.25. The van der Waals surface area contributed by atoms with Crippen LogP contribution in [0, 0.1) is 0 Å². The molecule has 0 saturated heterocycles. The number of rotatable bonds is 7. The van der Waals surface area contributed by atoms with E-state index in [2.05, 4.69) is 10.3 Å². The highest BCUT2D eigenvalue weighted by atomic mass is 35.5. The van der Waals surface area contributed by atoms with Crippen molar-refractivity contribution in [2.24, 2.45) is 0 Å². The molecular weight excluding hydrogens is 291 g/mol. The zero-order chi connectivity index (χ0) is 14.3. The fourth-order valence-corrected chi connectivity index (χ4v) is 1.94. The summed E-state index contributed by atoms with van der Waals surface area (Å²) in [6.45, 7) is 0.482. The van der Waals surface area contributed by atoms with E-state index in [9.17, 15) is 9.59 Å². The molecule has 1 amide bonds. The first kappa shape index (κ1) is 15.7. The van der Waals surface area contributed by atoms with Crippen molar-refractivity contribution in [3.8, 4) is 0 Å². The molecule has 1 aromatic heterocycles. The maximum atomic E-state index is 11.7. The van der Waals surface area contributed by atoms with Crippen molar-refractivity contribution in [2.45, 2.75) is 25.7 Å². The lowest BCUT2D eigenvalue weighted by Gasteiger charge is -2.05. The van der Waals surface area contributed by atoms with Gasteiger partial charge in [0.05, 0.1) is 0 Å². The zero-order valence-corrected chi connectivity index (χ0v) is 11.7. The van der Waals surface area contributed by atoms with Crippen LogP contribution in [0.1, 0.15) is 36.0 Å². The topological polar surface area (TPSA) is 79.3 Å². The molecule has 104 valence electrons. The van der Waals surface area contributed by atoms with Gasteiger partial charge in [-0.1, -0.05) is 29.6 Å². The standard InChI is InChI=1S/C12H14Cl2N2O3/c13-9-6-8(7-10(14)16-9)12(19)15-5-3-1-2-4-11(17)18/h6-7H,1-5H2,(H,15,19)(H,17,18). The Balaban J connectivity index is 2.29. The number of nitrogens with one attached hydrogen (secondary N) is 1. The summed E-state index contributed by atoms with van der Waals surface area (Å²) in [4.78, 5) is 25.8. The van der Waals surface area contributed by atoms with Crippen molar-refractivity contribution in [2.75, 3.05) is 6.54 Å². The number of carbonyl (C=O) groups is 2. The van der Waals surface area contributed by atoms with Crippen molar-refractivity contribution >= 4 is 35.1 Å². The first-order valence-corrected chi connectivity index (χ1v) is 6.57. The minimum atomic E-state index is -0.801. The summed E-state index contributed by atoms with van der Waals surface area (Å²) in [5.74, 6) is -1.07. The third-order valence-corrected chi connectivity index (χ3v) is 2.77. The lowest BCUT2D eigenvalue weighted by molar-refractivity contribution is -0.137. The Bertz CT molecular complexity index is 446. The van der Waals surface area contributed by atoms with E-state index in [1.54, 1.807) is 0 Å². The highest BCUT2D eigenvalue weighted by Crippen LogP contribution is 2.14. The fraction of sp³-hybridized carbons (Fsp3) is 0.417. The van der Waals surface area contributed by atoms with Crippen LogP contribution < -0.4 is 5.32 Å². The molecule has 7 heteroatoms. The van der Waals surface area contributed by atoms with Crippen LogP contribution in [-0.2, 0) is 4.79 Å². The second kappa shape index (κ2) is 7.96. The summed E-state index contributed by atoms with van der Waals surface area (Å²) in [7, 11) is 0. The van der Waals surface area contributed by atoms with Gasteiger partial charge in [-0.05, 0) is 25.0 Å². The maximum Gasteiger partial charge on any atom is 0.303 e. The van der Waals surface area contributed by atoms with Gasteiger partial charge in [0.15, 0.2) is 0 Å². The largest absolute Gasteiger partial charge is 0.481 e. The molecule has 1 rings (SSSR count). The molecule has 0 aliphatic rings. The van der Waals surface area contributed by atoms with Gasteiger partial charge in [0.1, 0.15) is 10.3 Å². The van der Waals surface area contributed by atoms with Gasteiger partial charge in [-0.25, -0.2) is 4.98 Å². The second-order valence-electron chi connectivity index (χ2n) is 3.96. The summed E-state index contributed by atoms with van der Waals surface area (Å²) < 4.78 is 0. The fourth-order valence-electron chi connectivity index (χ4n) is 1.48. The van der Waals surface area contributed by atoms with E-state index >= 15 is 0 Å². The van der Waals surface area contributed by atoms with Crippen molar-refractivity contribution in [3.63, 3.8) is 0 Å². The van der Waals surface area contributed by atoms with Crippen molar-refractivity contribution in [1.82, 2.24) is 10.3 Å². The minimum Gasteiger partial charge on any atom is -0.481 e. The number of carboxylic acids is 1. The van der Waals surface area contributed by atoms with Gasteiger partial charge in [0.25, 0.3) is 5.91 Å². The highest BCUT2D eigenvalue weighted by molar-refractivity contribution is 6.33. The number of pyridine rings is 1. The van der Waals surface area contributed by atoms with E-state index in [0.717, 1.165) is 12.8 Å². The molecule has 1 heterocycles.